The standard InChI is InChI=1S/C19H21N3O6/c1-27-17-8-7-15(22(25)26)9-14(17)10-16(19(20)24)21-18(23)12-28-11-13-5-3-2-4-6-13/h2-9,16H,10-12H2,1H3,(H2,20,24)(H,21,23)/t16-/m0/s1. The second kappa shape index (κ2) is 10.0. The molecule has 0 bridgehead atoms. The van der Waals surface area contributed by atoms with E-state index in [1.54, 1.807) is 0 Å². The molecule has 0 aliphatic heterocycles. The monoisotopic (exact) mass is 387 g/mol. The van der Waals surface area contributed by atoms with Crippen molar-refractivity contribution in [1.29, 1.82) is 0 Å². The number of nitrogens with zero attached hydrogens (tertiary/aromatic N) is 1. The van der Waals surface area contributed by atoms with Gasteiger partial charge in [-0.25, -0.2) is 0 Å². The molecule has 0 aliphatic carbocycles. The Balaban J connectivity index is 1.99. The number of carbonyl (C=O) groups excluding carboxylic acids is 2. The quantitative estimate of drug-likeness (QED) is 0.467. The van der Waals surface area contributed by atoms with E-state index in [0.29, 0.717) is 11.3 Å². The summed E-state index contributed by atoms with van der Waals surface area (Å²) in [6.07, 6.45) is -0.0510. The molecule has 0 fully saturated rings. The summed E-state index contributed by atoms with van der Waals surface area (Å²) in [5.41, 5.74) is 6.50. The van der Waals surface area contributed by atoms with Crippen LogP contribution in [0.4, 0.5) is 5.69 Å². The molecule has 2 aromatic rings. The molecule has 28 heavy (non-hydrogen) atoms. The third-order valence-electron chi connectivity index (χ3n) is 3.92. The number of nitrogens with two attached hydrogens (primary N) is 1. The topological polar surface area (TPSA) is 134 Å². The maximum Gasteiger partial charge on any atom is 0.269 e. The van der Waals surface area contributed by atoms with Gasteiger partial charge in [-0.05, 0) is 11.6 Å². The van der Waals surface area contributed by atoms with Crippen molar-refractivity contribution < 1.29 is 24.0 Å². The lowest BCUT2D eigenvalue weighted by Crippen LogP contribution is -2.47. The van der Waals surface area contributed by atoms with Crippen LogP contribution in [0.15, 0.2) is 48.5 Å². The second-order valence-electron chi connectivity index (χ2n) is 5.96. The molecule has 0 aliphatic rings. The molecule has 3 N–H and O–H groups in total. The third kappa shape index (κ3) is 6.06. The van der Waals surface area contributed by atoms with Gasteiger partial charge >= 0.3 is 0 Å². The molecule has 0 unspecified atom stereocenters. The molecule has 9 nitrogen and oxygen atoms in total. The Kier molecular flexibility index (Phi) is 7.46. The fraction of sp³-hybridized carbons (Fsp3) is 0.263. The molecule has 0 saturated heterocycles. The number of benzene rings is 2. The molecular weight excluding hydrogens is 366 g/mol. The van der Waals surface area contributed by atoms with Crippen LogP contribution in [0.3, 0.4) is 0 Å². The summed E-state index contributed by atoms with van der Waals surface area (Å²) in [6, 6.07) is 12.2. The lowest BCUT2D eigenvalue weighted by atomic mass is 10.0. The van der Waals surface area contributed by atoms with Crippen molar-refractivity contribution in [2.75, 3.05) is 13.7 Å². The lowest BCUT2D eigenvalue weighted by molar-refractivity contribution is -0.384. The summed E-state index contributed by atoms with van der Waals surface area (Å²) in [5.74, 6) is -0.944. The average molecular weight is 387 g/mol. The summed E-state index contributed by atoms with van der Waals surface area (Å²) in [7, 11) is 1.40. The highest BCUT2D eigenvalue weighted by atomic mass is 16.6. The molecule has 0 aromatic heterocycles. The van der Waals surface area contributed by atoms with Crippen LogP contribution < -0.4 is 15.8 Å². The van der Waals surface area contributed by atoms with Crippen molar-refractivity contribution in [2.24, 2.45) is 5.73 Å². The Labute approximate surface area is 161 Å². The van der Waals surface area contributed by atoms with Gasteiger partial charge in [0.2, 0.25) is 11.8 Å². The molecular formula is C19H21N3O6. The number of nitro benzene ring substituents is 1. The SMILES string of the molecule is COc1ccc([N+](=O)[O-])cc1C[C@H](NC(=O)COCc1ccccc1)C(N)=O. The summed E-state index contributed by atoms with van der Waals surface area (Å²) in [5, 5.41) is 13.5. The van der Waals surface area contributed by atoms with Crippen LogP contribution in [-0.2, 0) is 27.4 Å². The third-order valence-corrected chi connectivity index (χ3v) is 3.92. The Morgan fingerprint density at radius 3 is 2.54 bits per heavy atom. The number of carbonyl (C=O) groups is 2. The number of ether oxygens (including phenoxy) is 2. The highest BCUT2D eigenvalue weighted by Crippen LogP contribution is 2.25. The predicted molar refractivity (Wildman–Crippen MR) is 101 cm³/mol. The Hall–Kier alpha value is -3.46. The highest BCUT2D eigenvalue weighted by molar-refractivity contribution is 5.87. The van der Waals surface area contributed by atoms with Crippen LogP contribution in [0.2, 0.25) is 0 Å². The van der Waals surface area contributed by atoms with Crippen molar-refractivity contribution in [3.63, 3.8) is 0 Å². The first-order valence-corrected chi connectivity index (χ1v) is 8.42. The van der Waals surface area contributed by atoms with Gasteiger partial charge in [-0.3, -0.25) is 19.7 Å². The average Bonchev–Trinajstić information content (AvgIpc) is 2.68. The summed E-state index contributed by atoms with van der Waals surface area (Å²) < 4.78 is 10.5. The minimum Gasteiger partial charge on any atom is -0.496 e. The molecule has 0 spiro atoms. The molecule has 1 atom stereocenters. The molecule has 2 amide bonds. The van der Waals surface area contributed by atoms with E-state index in [1.807, 2.05) is 30.3 Å². The number of non-ortho nitro benzene ring substituents is 1. The number of nitro groups is 1. The van der Waals surface area contributed by atoms with Gasteiger partial charge < -0.3 is 20.5 Å². The number of hydrogen-bond acceptors (Lipinski definition) is 6. The first-order valence-electron chi connectivity index (χ1n) is 8.42. The van der Waals surface area contributed by atoms with E-state index < -0.39 is 22.8 Å². The summed E-state index contributed by atoms with van der Waals surface area (Å²) in [4.78, 5) is 34.2. The van der Waals surface area contributed by atoms with Crippen molar-refractivity contribution in [1.82, 2.24) is 5.32 Å². The van der Waals surface area contributed by atoms with Crippen molar-refractivity contribution in [3.05, 3.63) is 69.8 Å². The van der Waals surface area contributed by atoms with E-state index in [0.717, 1.165) is 5.56 Å². The van der Waals surface area contributed by atoms with Gasteiger partial charge in [-0.1, -0.05) is 30.3 Å². The molecule has 0 saturated carbocycles. The zero-order chi connectivity index (χ0) is 20.5. The molecule has 0 radical (unpaired) electrons. The molecule has 148 valence electrons. The molecule has 2 aromatic carbocycles. The van der Waals surface area contributed by atoms with Gasteiger partial charge in [-0.2, -0.15) is 0 Å². The fourth-order valence-corrected chi connectivity index (χ4v) is 2.55. The first kappa shape index (κ1) is 20.8. The van der Waals surface area contributed by atoms with Crippen LogP contribution >= 0.6 is 0 Å². The van der Waals surface area contributed by atoms with Gasteiger partial charge in [0, 0.05) is 24.1 Å². The predicted octanol–water partition coefficient (Wildman–Crippen LogP) is 1.33. The maximum atomic E-state index is 12.1. The fourth-order valence-electron chi connectivity index (χ4n) is 2.55. The molecule has 9 heteroatoms. The van der Waals surface area contributed by atoms with Crippen molar-refractivity contribution >= 4 is 17.5 Å². The minimum atomic E-state index is -1.07. The largest absolute Gasteiger partial charge is 0.496 e. The smallest absolute Gasteiger partial charge is 0.269 e. The number of amides is 2. The first-order chi connectivity index (χ1) is 13.4. The number of hydrogen-bond donors (Lipinski definition) is 2. The normalized spacial score (nSPS) is 11.5. The van der Waals surface area contributed by atoms with Crippen LogP contribution in [0, 0.1) is 10.1 Å². The molecule has 2 rings (SSSR count). The van der Waals surface area contributed by atoms with E-state index >= 15 is 0 Å². The Bertz CT molecular complexity index is 841. The van der Waals surface area contributed by atoms with Crippen molar-refractivity contribution in [2.45, 2.75) is 19.1 Å². The van der Waals surface area contributed by atoms with Gasteiger partial charge in [0.15, 0.2) is 0 Å². The van der Waals surface area contributed by atoms with Gasteiger partial charge in [0.05, 0.1) is 18.6 Å². The highest BCUT2D eigenvalue weighted by Gasteiger charge is 2.22. The minimum absolute atomic E-state index is 0.0510. The zero-order valence-electron chi connectivity index (χ0n) is 15.3. The second-order valence-corrected chi connectivity index (χ2v) is 5.96. The van der Waals surface area contributed by atoms with E-state index in [2.05, 4.69) is 5.32 Å². The van der Waals surface area contributed by atoms with Crippen LogP contribution in [0.25, 0.3) is 0 Å². The maximum absolute atomic E-state index is 12.1. The van der Waals surface area contributed by atoms with Gasteiger partial charge in [0.1, 0.15) is 18.4 Å². The number of nitrogens with one attached hydrogen (secondary N) is 1. The molecule has 0 heterocycles. The van der Waals surface area contributed by atoms with E-state index in [9.17, 15) is 19.7 Å². The van der Waals surface area contributed by atoms with Crippen LogP contribution in [0.5, 0.6) is 5.75 Å². The van der Waals surface area contributed by atoms with Gasteiger partial charge in [0.25, 0.3) is 5.69 Å². The number of rotatable bonds is 10. The van der Waals surface area contributed by atoms with E-state index in [-0.39, 0.29) is 25.3 Å². The summed E-state index contributed by atoms with van der Waals surface area (Å²) >= 11 is 0. The zero-order valence-corrected chi connectivity index (χ0v) is 15.3. The number of methoxy groups -OCH3 is 1. The van der Waals surface area contributed by atoms with Crippen LogP contribution in [0.1, 0.15) is 11.1 Å². The number of primary amides is 1. The Morgan fingerprint density at radius 2 is 1.93 bits per heavy atom. The Morgan fingerprint density at radius 1 is 1.21 bits per heavy atom. The van der Waals surface area contributed by atoms with Crippen molar-refractivity contribution in [3.8, 4) is 5.75 Å². The summed E-state index contributed by atoms with van der Waals surface area (Å²) in [6.45, 7) is -0.0149. The van der Waals surface area contributed by atoms with Gasteiger partial charge in [-0.15, -0.1) is 0 Å². The van der Waals surface area contributed by atoms with E-state index in [4.69, 9.17) is 15.2 Å². The van der Waals surface area contributed by atoms with E-state index in [1.165, 1.54) is 25.3 Å². The van der Waals surface area contributed by atoms with Crippen LogP contribution in [-0.4, -0.2) is 36.5 Å². The lowest BCUT2D eigenvalue weighted by Gasteiger charge is -2.17.